The van der Waals surface area contributed by atoms with Crippen LogP contribution in [0, 0.1) is 11.3 Å². The van der Waals surface area contributed by atoms with Crippen LogP contribution in [-0.2, 0) is 0 Å². The molecule has 0 spiro atoms. The summed E-state index contributed by atoms with van der Waals surface area (Å²) in [6, 6.07) is 9.70. The molecule has 68 valence electrons. The van der Waals surface area contributed by atoms with E-state index in [1.54, 1.807) is 29.7 Å². The minimum absolute atomic E-state index is 0.681. The average Bonchev–Trinajstić information content (AvgIpc) is 2.72. The smallest absolute Gasteiger partial charge is 0.336 e. The second-order valence-corrected chi connectivity index (χ2v) is 3.51. The fraction of sp³-hybridized carbons (Fsp3) is 0. The Morgan fingerprint density at radius 2 is 2.07 bits per heavy atom. The van der Waals surface area contributed by atoms with E-state index in [1.807, 2.05) is 17.5 Å². The van der Waals surface area contributed by atoms with Crippen molar-refractivity contribution in [3.63, 3.8) is 0 Å². The third-order valence-electron chi connectivity index (χ3n) is 1.74. The number of hydrogen-bond acceptors (Lipinski definition) is 3. The van der Waals surface area contributed by atoms with Crippen molar-refractivity contribution in [2.45, 2.75) is 0 Å². The lowest BCUT2D eigenvalue weighted by molar-refractivity contribution is 1.41. The normalized spacial score (nSPS) is 9.14. The SMILES string of the molecule is [O-][N+]#Cc1ccc(-c2nccs2)cc1. The maximum atomic E-state index is 9.92. The van der Waals surface area contributed by atoms with E-state index >= 15 is 0 Å². The third kappa shape index (κ3) is 1.73. The average molecular weight is 202 g/mol. The summed E-state index contributed by atoms with van der Waals surface area (Å²) in [7, 11) is 0. The van der Waals surface area contributed by atoms with Crippen molar-refractivity contribution >= 4 is 11.3 Å². The second kappa shape index (κ2) is 3.90. The molecule has 3 nitrogen and oxygen atoms in total. The first-order valence-corrected chi connectivity index (χ1v) is 4.86. The molecule has 14 heavy (non-hydrogen) atoms. The Hall–Kier alpha value is -1.86. The van der Waals surface area contributed by atoms with Crippen molar-refractivity contribution in [3.8, 4) is 16.6 Å². The zero-order valence-corrected chi connectivity index (χ0v) is 7.99. The van der Waals surface area contributed by atoms with Crippen LogP contribution < -0.4 is 0 Å². The van der Waals surface area contributed by atoms with E-state index in [2.05, 4.69) is 16.1 Å². The monoisotopic (exact) mass is 202 g/mol. The van der Waals surface area contributed by atoms with Crippen molar-refractivity contribution in [2.24, 2.45) is 0 Å². The van der Waals surface area contributed by atoms with E-state index in [0.717, 1.165) is 10.6 Å². The molecule has 0 aliphatic rings. The highest BCUT2D eigenvalue weighted by Gasteiger charge is 2.00. The molecule has 0 bridgehead atoms. The van der Waals surface area contributed by atoms with E-state index < -0.39 is 0 Å². The summed E-state index contributed by atoms with van der Waals surface area (Å²) in [6.45, 7) is 0. The topological polar surface area (TPSA) is 40.3 Å². The summed E-state index contributed by atoms with van der Waals surface area (Å²) in [5, 5.41) is 15.4. The lowest BCUT2D eigenvalue weighted by atomic mass is 10.1. The van der Waals surface area contributed by atoms with Gasteiger partial charge in [0.25, 0.3) is 0 Å². The van der Waals surface area contributed by atoms with Gasteiger partial charge in [-0.15, -0.1) is 11.3 Å². The largest absolute Gasteiger partial charge is 0.498 e. The number of aromatic nitrogens is 1. The fourth-order valence-electron chi connectivity index (χ4n) is 1.11. The van der Waals surface area contributed by atoms with Gasteiger partial charge in [0.15, 0.2) is 0 Å². The lowest BCUT2D eigenvalue weighted by Gasteiger charge is -1.93. The molecule has 0 amide bonds. The highest BCUT2D eigenvalue weighted by molar-refractivity contribution is 7.13. The Morgan fingerprint density at radius 3 is 2.64 bits per heavy atom. The molecule has 0 fully saturated rings. The van der Waals surface area contributed by atoms with Crippen molar-refractivity contribution in [1.29, 1.82) is 0 Å². The fourth-order valence-corrected chi connectivity index (χ4v) is 1.75. The third-order valence-corrected chi connectivity index (χ3v) is 2.56. The van der Waals surface area contributed by atoms with Crippen molar-refractivity contribution in [1.82, 2.24) is 4.98 Å². The molecule has 0 radical (unpaired) electrons. The Bertz CT molecular complexity index is 465. The van der Waals surface area contributed by atoms with Crippen LogP contribution in [0.2, 0.25) is 0 Å². The number of benzene rings is 1. The first-order valence-electron chi connectivity index (χ1n) is 3.98. The molecule has 0 saturated heterocycles. The summed E-state index contributed by atoms with van der Waals surface area (Å²) in [5.41, 5.74) is 1.72. The Balaban J connectivity index is 2.34. The molecule has 0 N–H and O–H groups in total. The van der Waals surface area contributed by atoms with E-state index in [9.17, 15) is 5.21 Å². The number of thiazole rings is 1. The standard InChI is InChI=1S/C10H6N2OS/c13-12-7-8-1-3-9(4-2-8)10-11-5-6-14-10/h1-6H. The van der Waals surface area contributed by atoms with Gasteiger partial charge < -0.3 is 5.21 Å². The molecule has 0 aliphatic heterocycles. The van der Waals surface area contributed by atoms with E-state index in [0.29, 0.717) is 5.56 Å². The van der Waals surface area contributed by atoms with E-state index in [4.69, 9.17) is 0 Å². The van der Waals surface area contributed by atoms with Crippen LogP contribution in [0.3, 0.4) is 0 Å². The first kappa shape index (κ1) is 8.73. The van der Waals surface area contributed by atoms with Crippen molar-refractivity contribution in [3.05, 3.63) is 51.6 Å². The lowest BCUT2D eigenvalue weighted by Crippen LogP contribution is -1.76. The van der Waals surface area contributed by atoms with Gasteiger partial charge in [-0.05, 0) is 12.1 Å². The zero-order valence-electron chi connectivity index (χ0n) is 7.18. The number of nitrogens with zero attached hydrogens (tertiary/aromatic N) is 2. The summed E-state index contributed by atoms with van der Waals surface area (Å²) in [6.07, 6.45) is 1.76. The summed E-state index contributed by atoms with van der Waals surface area (Å²) in [4.78, 5) is 4.18. The molecule has 0 atom stereocenters. The van der Waals surface area contributed by atoms with Crippen LogP contribution in [0.15, 0.2) is 35.8 Å². The summed E-state index contributed by atoms with van der Waals surface area (Å²) >= 11 is 1.58. The maximum absolute atomic E-state index is 9.92. The van der Waals surface area contributed by atoms with Crippen LogP contribution >= 0.6 is 11.3 Å². The Kier molecular flexibility index (Phi) is 2.43. The molecule has 4 heteroatoms. The van der Waals surface area contributed by atoms with Crippen LogP contribution in [0.4, 0.5) is 0 Å². The van der Waals surface area contributed by atoms with E-state index in [-0.39, 0.29) is 0 Å². The molecule has 0 saturated carbocycles. The molecule has 2 rings (SSSR count). The van der Waals surface area contributed by atoms with Crippen LogP contribution in [0.5, 0.6) is 0 Å². The van der Waals surface area contributed by atoms with Crippen molar-refractivity contribution < 1.29 is 0 Å². The quantitative estimate of drug-likeness (QED) is 0.667. The number of rotatable bonds is 1. The van der Waals surface area contributed by atoms with Crippen LogP contribution in [0.25, 0.3) is 15.6 Å². The van der Waals surface area contributed by atoms with E-state index in [1.165, 1.54) is 0 Å². The van der Waals surface area contributed by atoms with Gasteiger partial charge in [-0.2, -0.15) is 0 Å². The van der Waals surface area contributed by atoms with Gasteiger partial charge in [0.05, 0.1) is 0 Å². The highest BCUT2D eigenvalue weighted by Crippen LogP contribution is 2.21. The molecular formula is C10H6N2OS. The molecule has 0 aliphatic carbocycles. The molecule has 1 heterocycles. The Labute approximate surface area is 85.1 Å². The van der Waals surface area contributed by atoms with Gasteiger partial charge in [0.2, 0.25) is 0 Å². The van der Waals surface area contributed by atoms with Crippen LogP contribution in [-0.4, -0.2) is 4.98 Å². The minimum atomic E-state index is 0.681. The van der Waals surface area contributed by atoms with Crippen molar-refractivity contribution in [2.75, 3.05) is 0 Å². The zero-order chi connectivity index (χ0) is 9.80. The first-order chi connectivity index (χ1) is 6.90. The minimum Gasteiger partial charge on any atom is -0.498 e. The maximum Gasteiger partial charge on any atom is 0.336 e. The van der Waals surface area contributed by atoms with Gasteiger partial charge >= 0.3 is 6.07 Å². The molecule has 0 unspecified atom stereocenters. The van der Waals surface area contributed by atoms with Crippen LogP contribution in [0.1, 0.15) is 5.56 Å². The highest BCUT2D eigenvalue weighted by atomic mass is 32.1. The number of hydrogen-bond donors (Lipinski definition) is 0. The Morgan fingerprint density at radius 1 is 1.29 bits per heavy atom. The molecule has 1 aromatic heterocycles. The summed E-state index contributed by atoms with van der Waals surface area (Å²) < 4.78 is 0. The summed E-state index contributed by atoms with van der Waals surface area (Å²) in [5.74, 6) is 0. The van der Waals surface area contributed by atoms with Gasteiger partial charge in [0, 0.05) is 22.1 Å². The molecule has 2 aromatic rings. The van der Waals surface area contributed by atoms with Gasteiger partial charge in [-0.25, -0.2) is 4.98 Å². The molecule has 1 aromatic carbocycles. The van der Waals surface area contributed by atoms with Gasteiger partial charge in [0.1, 0.15) is 10.6 Å². The predicted molar refractivity (Wildman–Crippen MR) is 57.3 cm³/mol. The predicted octanol–water partition coefficient (Wildman–Crippen LogP) is 2.99. The van der Waals surface area contributed by atoms with Gasteiger partial charge in [-0.3, -0.25) is 0 Å². The van der Waals surface area contributed by atoms with Gasteiger partial charge in [-0.1, -0.05) is 12.1 Å². The second-order valence-electron chi connectivity index (χ2n) is 2.62. The molecular weight excluding hydrogens is 196 g/mol.